The molecule has 1 heterocycles. The van der Waals surface area contributed by atoms with Gasteiger partial charge in [-0.15, -0.1) is 11.3 Å². The Morgan fingerprint density at radius 1 is 1.73 bits per heavy atom. The molecule has 1 rings (SSSR count). The van der Waals surface area contributed by atoms with Gasteiger partial charge in [0.1, 0.15) is 18.0 Å². The fraction of sp³-hybridized carbons (Fsp3) is 0. The second kappa shape index (κ2) is 5.57. The van der Waals surface area contributed by atoms with Crippen LogP contribution in [0.2, 0.25) is 0 Å². The van der Waals surface area contributed by atoms with Crippen LogP contribution in [-0.4, -0.2) is 17.5 Å². The molecule has 0 spiro atoms. The van der Waals surface area contributed by atoms with Gasteiger partial charge in [-0.3, -0.25) is 4.79 Å². The third kappa shape index (κ3) is 3.25. The van der Waals surface area contributed by atoms with Crippen LogP contribution in [0.4, 0.5) is 0 Å². The molecule has 0 aliphatic rings. The molecule has 6 heteroatoms. The van der Waals surface area contributed by atoms with E-state index in [9.17, 15) is 4.79 Å². The number of carbonyl (C=O) groups is 1. The minimum absolute atomic E-state index is 0.0441. The van der Waals surface area contributed by atoms with Gasteiger partial charge in [0.2, 0.25) is 0 Å². The van der Waals surface area contributed by atoms with Crippen LogP contribution in [0.15, 0.2) is 28.2 Å². The first kappa shape index (κ1) is 10.9. The molecular weight excluding hydrogens is 214 g/mol. The van der Waals surface area contributed by atoms with E-state index in [1.165, 1.54) is 17.4 Å². The molecule has 0 atom stereocenters. The number of hydrogen-bond donors (Lipinski definition) is 2. The average molecular weight is 221 g/mol. The van der Waals surface area contributed by atoms with Gasteiger partial charge in [-0.2, -0.15) is 5.26 Å². The summed E-state index contributed by atoms with van der Waals surface area (Å²) < 4.78 is 0. The number of carbonyl (C=O) groups excluding carboxylic acids is 1. The van der Waals surface area contributed by atoms with E-state index in [-0.39, 0.29) is 5.57 Å². The number of nitrogens with one attached hydrogen (secondary N) is 1. The summed E-state index contributed by atoms with van der Waals surface area (Å²) in [5.41, 5.74) is -0.0441. The molecule has 76 valence electrons. The minimum Gasteiger partial charge on any atom is -0.410 e. The lowest BCUT2D eigenvalue weighted by atomic mass is 10.2. The van der Waals surface area contributed by atoms with Crippen LogP contribution < -0.4 is 5.32 Å². The Morgan fingerprint density at radius 2 is 2.53 bits per heavy atom. The lowest BCUT2D eigenvalue weighted by molar-refractivity contribution is -0.115. The molecule has 2 N–H and O–H groups in total. The highest BCUT2D eigenvalue weighted by atomic mass is 32.1. The molecule has 0 bridgehead atoms. The highest BCUT2D eigenvalue weighted by molar-refractivity contribution is 7.10. The van der Waals surface area contributed by atoms with E-state index in [1.807, 2.05) is 11.4 Å². The summed E-state index contributed by atoms with van der Waals surface area (Å²) in [6.07, 6.45) is 2.27. The number of oxime groups is 1. The topological polar surface area (TPSA) is 85.5 Å². The van der Waals surface area contributed by atoms with Crippen molar-refractivity contribution in [2.24, 2.45) is 5.16 Å². The highest BCUT2D eigenvalue weighted by Gasteiger charge is 2.07. The van der Waals surface area contributed by atoms with Gasteiger partial charge in [-0.1, -0.05) is 11.2 Å². The second-order valence-electron chi connectivity index (χ2n) is 2.40. The maximum atomic E-state index is 11.3. The number of amides is 1. The van der Waals surface area contributed by atoms with Crippen molar-refractivity contribution in [1.29, 1.82) is 5.26 Å². The van der Waals surface area contributed by atoms with Crippen molar-refractivity contribution < 1.29 is 10.0 Å². The SMILES string of the molecule is N#C/C(=C\c1cccs1)C(=O)N/C=N\O. The van der Waals surface area contributed by atoms with Crippen molar-refractivity contribution in [3.8, 4) is 6.07 Å². The third-order valence-electron chi connectivity index (χ3n) is 1.45. The normalized spacial score (nSPS) is 11.3. The van der Waals surface area contributed by atoms with E-state index in [4.69, 9.17) is 10.5 Å². The van der Waals surface area contributed by atoms with E-state index >= 15 is 0 Å². The van der Waals surface area contributed by atoms with E-state index in [2.05, 4.69) is 10.5 Å². The van der Waals surface area contributed by atoms with Crippen LogP contribution >= 0.6 is 11.3 Å². The molecule has 0 radical (unpaired) electrons. The molecule has 0 saturated heterocycles. The van der Waals surface area contributed by atoms with E-state index in [0.717, 1.165) is 11.2 Å². The Balaban J connectivity index is 2.81. The van der Waals surface area contributed by atoms with Crippen LogP contribution in [-0.2, 0) is 4.79 Å². The average Bonchev–Trinajstić information content (AvgIpc) is 2.75. The van der Waals surface area contributed by atoms with Gasteiger partial charge in [0.15, 0.2) is 0 Å². The van der Waals surface area contributed by atoms with Crippen molar-refractivity contribution >= 4 is 29.7 Å². The van der Waals surface area contributed by atoms with Crippen LogP contribution in [0, 0.1) is 11.3 Å². The summed E-state index contributed by atoms with van der Waals surface area (Å²) >= 11 is 1.42. The van der Waals surface area contributed by atoms with Gasteiger partial charge < -0.3 is 10.5 Å². The Kier molecular flexibility index (Phi) is 4.06. The van der Waals surface area contributed by atoms with Gasteiger partial charge >= 0.3 is 0 Å². The van der Waals surface area contributed by atoms with Crippen LogP contribution in [0.5, 0.6) is 0 Å². The highest BCUT2D eigenvalue weighted by Crippen LogP contribution is 2.12. The van der Waals surface area contributed by atoms with E-state index < -0.39 is 5.91 Å². The predicted octanol–water partition coefficient (Wildman–Crippen LogP) is 1.19. The van der Waals surface area contributed by atoms with Crippen molar-refractivity contribution in [1.82, 2.24) is 5.32 Å². The fourth-order valence-corrected chi connectivity index (χ4v) is 1.49. The maximum absolute atomic E-state index is 11.3. The largest absolute Gasteiger partial charge is 0.410 e. The summed E-state index contributed by atoms with van der Waals surface area (Å²) in [5, 5.41) is 23.4. The summed E-state index contributed by atoms with van der Waals surface area (Å²) in [4.78, 5) is 12.1. The standard InChI is InChI=1S/C9H7N3O2S/c10-5-7(9(13)11-6-12-14)4-8-2-1-3-15-8/h1-4,6,14H,(H,11,12,13)/b7-4+. The monoisotopic (exact) mass is 221 g/mol. The van der Waals surface area contributed by atoms with Gasteiger partial charge in [0.25, 0.3) is 5.91 Å². The van der Waals surface area contributed by atoms with E-state index in [1.54, 1.807) is 12.1 Å². The molecule has 0 unspecified atom stereocenters. The smallest absolute Gasteiger partial charge is 0.267 e. The summed E-state index contributed by atoms with van der Waals surface area (Å²) in [6, 6.07) is 5.37. The summed E-state index contributed by atoms with van der Waals surface area (Å²) in [6.45, 7) is 0. The van der Waals surface area contributed by atoms with Gasteiger partial charge in [0, 0.05) is 4.88 Å². The third-order valence-corrected chi connectivity index (χ3v) is 2.27. The van der Waals surface area contributed by atoms with Crippen molar-refractivity contribution in [3.05, 3.63) is 28.0 Å². The second-order valence-corrected chi connectivity index (χ2v) is 3.38. The zero-order valence-electron chi connectivity index (χ0n) is 7.54. The Hall–Kier alpha value is -2.13. The number of hydrogen-bond acceptors (Lipinski definition) is 5. The quantitative estimate of drug-likeness (QED) is 0.201. The lowest BCUT2D eigenvalue weighted by Crippen LogP contribution is -2.22. The first-order chi connectivity index (χ1) is 7.27. The van der Waals surface area contributed by atoms with Gasteiger partial charge in [0.05, 0.1) is 0 Å². The number of rotatable bonds is 3. The van der Waals surface area contributed by atoms with Crippen LogP contribution in [0.1, 0.15) is 4.88 Å². The molecule has 15 heavy (non-hydrogen) atoms. The summed E-state index contributed by atoms with van der Waals surface area (Å²) in [7, 11) is 0. The predicted molar refractivity (Wildman–Crippen MR) is 56.3 cm³/mol. The van der Waals surface area contributed by atoms with Crippen LogP contribution in [0.3, 0.4) is 0 Å². The lowest BCUT2D eigenvalue weighted by Gasteiger charge is -1.94. The Labute approximate surface area is 90.0 Å². The zero-order chi connectivity index (χ0) is 11.1. The molecular formula is C9H7N3O2S. The molecule has 0 saturated carbocycles. The van der Waals surface area contributed by atoms with Crippen molar-refractivity contribution in [2.45, 2.75) is 0 Å². The zero-order valence-corrected chi connectivity index (χ0v) is 8.36. The first-order valence-electron chi connectivity index (χ1n) is 3.90. The molecule has 1 amide bonds. The Morgan fingerprint density at radius 3 is 3.07 bits per heavy atom. The maximum Gasteiger partial charge on any atom is 0.267 e. The van der Waals surface area contributed by atoms with Crippen molar-refractivity contribution in [2.75, 3.05) is 0 Å². The molecule has 5 nitrogen and oxygen atoms in total. The molecule has 0 fully saturated rings. The van der Waals surface area contributed by atoms with E-state index in [0.29, 0.717) is 0 Å². The van der Waals surface area contributed by atoms with Gasteiger partial charge in [-0.25, -0.2) is 0 Å². The number of thiophene rings is 1. The number of nitrogens with zero attached hydrogens (tertiary/aromatic N) is 2. The number of nitriles is 1. The Bertz CT molecular complexity index is 429. The van der Waals surface area contributed by atoms with Gasteiger partial charge in [-0.05, 0) is 17.5 Å². The summed E-state index contributed by atoms with van der Waals surface area (Å²) in [5.74, 6) is -0.608. The molecule has 0 aromatic carbocycles. The van der Waals surface area contributed by atoms with Crippen molar-refractivity contribution in [3.63, 3.8) is 0 Å². The molecule has 0 aliphatic carbocycles. The molecule has 0 aliphatic heterocycles. The minimum atomic E-state index is -0.608. The first-order valence-corrected chi connectivity index (χ1v) is 4.78. The fourth-order valence-electron chi connectivity index (χ4n) is 0.829. The molecule has 1 aromatic heterocycles. The van der Waals surface area contributed by atoms with Crippen LogP contribution in [0.25, 0.3) is 6.08 Å². The molecule has 1 aromatic rings.